The Morgan fingerprint density at radius 3 is 2.80 bits per heavy atom. The zero-order valence-corrected chi connectivity index (χ0v) is 11.7. The summed E-state index contributed by atoms with van der Waals surface area (Å²) < 4.78 is 5.94. The van der Waals surface area contributed by atoms with E-state index in [0.29, 0.717) is 22.6 Å². The number of benzene rings is 1. The average Bonchev–Trinajstić information content (AvgIpc) is 2.84. The SMILES string of the molecule is CCCC(C)c1nc2c(N)nc3cc(N)ccc3c2o1. The number of nitrogens with zero attached hydrogens (tertiary/aromatic N) is 2. The van der Waals surface area contributed by atoms with Gasteiger partial charge in [-0.25, -0.2) is 9.97 Å². The molecule has 0 saturated heterocycles. The van der Waals surface area contributed by atoms with Crippen LogP contribution in [0.3, 0.4) is 0 Å². The predicted octanol–water partition coefficient (Wildman–Crippen LogP) is 3.44. The smallest absolute Gasteiger partial charge is 0.198 e. The van der Waals surface area contributed by atoms with E-state index >= 15 is 0 Å². The summed E-state index contributed by atoms with van der Waals surface area (Å²) in [5.41, 5.74) is 14.5. The molecule has 3 aromatic rings. The topological polar surface area (TPSA) is 91.0 Å². The summed E-state index contributed by atoms with van der Waals surface area (Å²) in [5, 5.41) is 0.894. The Morgan fingerprint density at radius 1 is 1.25 bits per heavy atom. The largest absolute Gasteiger partial charge is 0.440 e. The second-order valence-electron chi connectivity index (χ2n) is 5.19. The van der Waals surface area contributed by atoms with Crippen molar-refractivity contribution in [1.29, 1.82) is 0 Å². The third-order valence-electron chi connectivity index (χ3n) is 3.54. The highest BCUT2D eigenvalue weighted by Gasteiger charge is 2.17. The third kappa shape index (κ3) is 1.95. The molecule has 5 nitrogen and oxygen atoms in total. The number of nitrogens with two attached hydrogens (primary N) is 2. The number of pyridine rings is 1. The lowest BCUT2D eigenvalue weighted by molar-refractivity contribution is 0.469. The molecule has 1 unspecified atom stereocenters. The summed E-state index contributed by atoms with van der Waals surface area (Å²) in [7, 11) is 0. The number of fused-ring (bicyclic) bond motifs is 3. The molecule has 4 N–H and O–H groups in total. The van der Waals surface area contributed by atoms with Gasteiger partial charge in [0, 0.05) is 17.0 Å². The van der Waals surface area contributed by atoms with E-state index < -0.39 is 0 Å². The number of nitrogen functional groups attached to an aromatic ring is 2. The molecule has 104 valence electrons. The Balaban J connectivity index is 2.26. The Morgan fingerprint density at radius 2 is 2.05 bits per heavy atom. The molecule has 0 aliphatic rings. The summed E-state index contributed by atoms with van der Waals surface area (Å²) in [5.74, 6) is 1.38. The number of aromatic nitrogens is 2. The van der Waals surface area contributed by atoms with Gasteiger partial charge in [0.25, 0.3) is 0 Å². The fourth-order valence-electron chi connectivity index (χ4n) is 2.48. The van der Waals surface area contributed by atoms with Crippen LogP contribution in [0.1, 0.15) is 38.5 Å². The van der Waals surface area contributed by atoms with Crippen LogP contribution in [0, 0.1) is 0 Å². The Hall–Kier alpha value is -2.30. The zero-order valence-electron chi connectivity index (χ0n) is 11.7. The van der Waals surface area contributed by atoms with E-state index in [2.05, 4.69) is 23.8 Å². The van der Waals surface area contributed by atoms with Crippen LogP contribution in [-0.4, -0.2) is 9.97 Å². The van der Waals surface area contributed by atoms with Gasteiger partial charge >= 0.3 is 0 Å². The Kier molecular flexibility index (Phi) is 2.97. The molecule has 0 fully saturated rings. The lowest BCUT2D eigenvalue weighted by Crippen LogP contribution is -1.95. The van der Waals surface area contributed by atoms with Gasteiger partial charge in [-0.3, -0.25) is 0 Å². The van der Waals surface area contributed by atoms with Crippen molar-refractivity contribution in [3.63, 3.8) is 0 Å². The molecule has 0 radical (unpaired) electrons. The van der Waals surface area contributed by atoms with Crippen molar-refractivity contribution in [2.24, 2.45) is 0 Å². The molecule has 1 aromatic carbocycles. The van der Waals surface area contributed by atoms with Gasteiger partial charge in [-0.1, -0.05) is 20.3 Å². The first-order chi connectivity index (χ1) is 9.60. The first-order valence-electron chi connectivity index (χ1n) is 6.85. The summed E-state index contributed by atoms with van der Waals surface area (Å²) >= 11 is 0. The van der Waals surface area contributed by atoms with Gasteiger partial charge in [-0.2, -0.15) is 0 Å². The van der Waals surface area contributed by atoms with Crippen molar-refractivity contribution in [3.05, 3.63) is 24.1 Å². The van der Waals surface area contributed by atoms with Gasteiger partial charge in [0.1, 0.15) is 0 Å². The van der Waals surface area contributed by atoms with Crippen LogP contribution < -0.4 is 11.5 Å². The Labute approximate surface area is 117 Å². The molecule has 1 atom stereocenters. The average molecular weight is 270 g/mol. The van der Waals surface area contributed by atoms with Crippen molar-refractivity contribution in [1.82, 2.24) is 9.97 Å². The highest BCUT2D eigenvalue weighted by molar-refractivity contribution is 6.05. The van der Waals surface area contributed by atoms with Gasteiger partial charge in [-0.05, 0) is 24.6 Å². The van der Waals surface area contributed by atoms with Crippen LogP contribution in [-0.2, 0) is 0 Å². The normalized spacial score (nSPS) is 13.1. The molecule has 0 saturated carbocycles. The molecule has 2 heterocycles. The molecule has 0 aliphatic heterocycles. The second kappa shape index (κ2) is 4.67. The third-order valence-corrected chi connectivity index (χ3v) is 3.54. The lowest BCUT2D eigenvalue weighted by Gasteiger charge is -2.03. The highest BCUT2D eigenvalue weighted by atomic mass is 16.3. The summed E-state index contributed by atoms with van der Waals surface area (Å²) in [6.45, 7) is 4.26. The van der Waals surface area contributed by atoms with Crippen LogP contribution in [0.5, 0.6) is 0 Å². The molecule has 0 amide bonds. The fraction of sp³-hybridized carbons (Fsp3) is 0.333. The number of hydrogen-bond acceptors (Lipinski definition) is 5. The fourth-order valence-corrected chi connectivity index (χ4v) is 2.48. The molecule has 5 heteroatoms. The highest BCUT2D eigenvalue weighted by Crippen LogP contribution is 2.32. The maximum Gasteiger partial charge on any atom is 0.198 e. The monoisotopic (exact) mass is 270 g/mol. The van der Waals surface area contributed by atoms with E-state index in [1.54, 1.807) is 6.07 Å². The number of oxazole rings is 1. The van der Waals surface area contributed by atoms with Gasteiger partial charge in [-0.15, -0.1) is 0 Å². The number of rotatable bonds is 3. The molecular weight excluding hydrogens is 252 g/mol. The summed E-state index contributed by atoms with van der Waals surface area (Å²) in [4.78, 5) is 8.88. The number of hydrogen-bond donors (Lipinski definition) is 2. The van der Waals surface area contributed by atoms with E-state index in [1.165, 1.54) is 0 Å². The van der Waals surface area contributed by atoms with E-state index in [-0.39, 0.29) is 5.92 Å². The minimum atomic E-state index is 0.274. The second-order valence-corrected chi connectivity index (χ2v) is 5.19. The lowest BCUT2D eigenvalue weighted by atomic mass is 10.1. The van der Waals surface area contributed by atoms with Gasteiger partial charge in [0.15, 0.2) is 22.8 Å². The molecule has 0 spiro atoms. The first kappa shape index (κ1) is 12.7. The van der Waals surface area contributed by atoms with E-state index in [4.69, 9.17) is 15.9 Å². The van der Waals surface area contributed by atoms with E-state index in [0.717, 1.165) is 29.6 Å². The zero-order chi connectivity index (χ0) is 14.3. The van der Waals surface area contributed by atoms with Crippen LogP contribution in [0.2, 0.25) is 0 Å². The van der Waals surface area contributed by atoms with Crippen LogP contribution >= 0.6 is 0 Å². The van der Waals surface area contributed by atoms with Crippen molar-refractivity contribution in [2.45, 2.75) is 32.6 Å². The number of anilines is 2. The minimum Gasteiger partial charge on any atom is -0.440 e. The molecule has 20 heavy (non-hydrogen) atoms. The molecule has 2 aromatic heterocycles. The summed E-state index contributed by atoms with van der Waals surface area (Å²) in [6.07, 6.45) is 2.12. The Bertz CT molecular complexity index is 778. The molecule has 3 rings (SSSR count). The first-order valence-corrected chi connectivity index (χ1v) is 6.85. The van der Waals surface area contributed by atoms with Gasteiger partial charge in [0.05, 0.1) is 5.52 Å². The van der Waals surface area contributed by atoms with Crippen LogP contribution in [0.25, 0.3) is 22.0 Å². The molecule has 0 aliphatic carbocycles. The van der Waals surface area contributed by atoms with Crippen molar-refractivity contribution in [2.75, 3.05) is 11.5 Å². The van der Waals surface area contributed by atoms with Gasteiger partial charge in [0.2, 0.25) is 0 Å². The van der Waals surface area contributed by atoms with Crippen molar-refractivity contribution >= 4 is 33.5 Å². The van der Waals surface area contributed by atoms with Crippen LogP contribution in [0.15, 0.2) is 22.6 Å². The van der Waals surface area contributed by atoms with Crippen molar-refractivity contribution < 1.29 is 4.42 Å². The van der Waals surface area contributed by atoms with Crippen LogP contribution in [0.4, 0.5) is 11.5 Å². The van der Waals surface area contributed by atoms with E-state index in [1.807, 2.05) is 12.1 Å². The summed E-state index contributed by atoms with van der Waals surface area (Å²) in [6, 6.07) is 5.53. The standard InChI is InChI=1S/C15H18N4O/c1-3-4-8(2)15-19-12-13(20-15)10-6-5-9(16)7-11(10)18-14(12)17/h5-8H,3-4,16H2,1-2H3,(H2,17,18). The maximum atomic E-state index is 5.99. The predicted molar refractivity (Wildman–Crippen MR) is 81.5 cm³/mol. The quantitative estimate of drug-likeness (QED) is 0.711. The minimum absolute atomic E-state index is 0.274. The maximum absolute atomic E-state index is 5.99. The molecule has 0 bridgehead atoms. The van der Waals surface area contributed by atoms with Crippen molar-refractivity contribution in [3.8, 4) is 0 Å². The van der Waals surface area contributed by atoms with E-state index in [9.17, 15) is 0 Å². The molecular formula is C15H18N4O. The van der Waals surface area contributed by atoms with Gasteiger partial charge < -0.3 is 15.9 Å².